The fraction of sp³-hybridized carbons (Fsp3) is 0.105. The van der Waals surface area contributed by atoms with E-state index in [0.717, 1.165) is 5.56 Å². The number of rotatable bonds is 3. The number of aryl methyl sites for hydroxylation is 1. The van der Waals surface area contributed by atoms with Crippen molar-refractivity contribution in [3.63, 3.8) is 0 Å². The second kappa shape index (κ2) is 6.03. The molecule has 0 amide bonds. The summed E-state index contributed by atoms with van der Waals surface area (Å²) < 4.78 is 2.91. The first-order valence-corrected chi connectivity index (χ1v) is 8.16. The Morgan fingerprint density at radius 3 is 2.73 bits per heavy atom. The molecule has 4 rings (SSSR count). The van der Waals surface area contributed by atoms with Crippen LogP contribution in [0.4, 0.5) is 5.69 Å². The number of H-pyrrole nitrogens is 1. The van der Waals surface area contributed by atoms with Gasteiger partial charge in [-0.15, -0.1) is 0 Å². The molecule has 3 N–H and O–H groups in total. The monoisotopic (exact) mass is 347 g/mol. The van der Waals surface area contributed by atoms with E-state index in [4.69, 9.17) is 5.73 Å². The molecule has 2 aromatic carbocycles. The van der Waals surface area contributed by atoms with Gasteiger partial charge in [0.25, 0.3) is 5.91 Å². The Balaban J connectivity index is 1.82. The van der Waals surface area contributed by atoms with Crippen molar-refractivity contribution >= 4 is 22.6 Å². The molecule has 0 spiro atoms. The molecule has 0 aliphatic carbocycles. The number of hydrogen-bond acceptors (Lipinski definition) is 4. The zero-order valence-corrected chi connectivity index (χ0v) is 14.1. The molecule has 4 aromatic rings. The number of imidazole rings is 2. The molecule has 0 saturated heterocycles. The summed E-state index contributed by atoms with van der Waals surface area (Å²) in [5, 5.41) is 0. The van der Waals surface area contributed by atoms with Crippen molar-refractivity contribution in [2.75, 3.05) is 5.73 Å². The Labute approximate surface area is 148 Å². The number of nitrogen functional groups attached to an aromatic ring is 1. The van der Waals surface area contributed by atoms with E-state index >= 15 is 0 Å². The van der Waals surface area contributed by atoms with Crippen LogP contribution in [0.25, 0.3) is 11.0 Å². The maximum absolute atomic E-state index is 13.2. The molecule has 7 heteroatoms. The quantitative estimate of drug-likeness (QED) is 0.555. The molecule has 26 heavy (non-hydrogen) atoms. The highest BCUT2D eigenvalue weighted by Crippen LogP contribution is 2.20. The van der Waals surface area contributed by atoms with Crippen LogP contribution in [0.1, 0.15) is 21.9 Å². The molecule has 0 radical (unpaired) electrons. The van der Waals surface area contributed by atoms with Crippen LogP contribution in [0.2, 0.25) is 0 Å². The first kappa shape index (κ1) is 15.9. The number of aromatic amines is 1. The largest absolute Gasteiger partial charge is 0.399 e. The van der Waals surface area contributed by atoms with Gasteiger partial charge >= 0.3 is 5.69 Å². The van der Waals surface area contributed by atoms with Gasteiger partial charge in [0.05, 0.1) is 17.6 Å². The van der Waals surface area contributed by atoms with Gasteiger partial charge in [-0.1, -0.05) is 30.3 Å². The van der Waals surface area contributed by atoms with Crippen LogP contribution in [0, 0.1) is 6.92 Å². The standard InChI is InChI=1S/C19H17N5O2/c1-12-22-15-8-7-14(20)9-16(15)24(12)18(25)17-10-21-19(26)23(17)11-13-5-3-2-4-6-13/h2-10H,11,20H2,1H3,(H,21,26). The number of aromatic nitrogens is 4. The second-order valence-electron chi connectivity index (χ2n) is 6.10. The van der Waals surface area contributed by atoms with Gasteiger partial charge in [-0.3, -0.25) is 13.9 Å². The summed E-state index contributed by atoms with van der Waals surface area (Å²) >= 11 is 0. The number of hydrogen-bond donors (Lipinski definition) is 2. The highest BCUT2D eigenvalue weighted by molar-refractivity contribution is 6.01. The third-order valence-corrected chi connectivity index (χ3v) is 4.32. The lowest BCUT2D eigenvalue weighted by atomic mass is 10.2. The number of fused-ring (bicyclic) bond motifs is 1. The van der Waals surface area contributed by atoms with Crippen molar-refractivity contribution < 1.29 is 4.79 Å². The number of carbonyl (C=O) groups excluding carboxylic acids is 1. The normalized spacial score (nSPS) is 11.1. The van der Waals surface area contributed by atoms with Crippen LogP contribution in [-0.4, -0.2) is 25.0 Å². The maximum Gasteiger partial charge on any atom is 0.326 e. The van der Waals surface area contributed by atoms with Crippen LogP contribution in [-0.2, 0) is 6.54 Å². The van der Waals surface area contributed by atoms with E-state index in [1.807, 2.05) is 30.3 Å². The van der Waals surface area contributed by atoms with Crippen molar-refractivity contribution in [1.82, 2.24) is 19.1 Å². The molecule has 0 fully saturated rings. The summed E-state index contributed by atoms with van der Waals surface area (Å²) in [5.74, 6) is 0.209. The van der Waals surface area contributed by atoms with Crippen LogP contribution < -0.4 is 11.4 Å². The molecule has 0 bridgehead atoms. The van der Waals surface area contributed by atoms with Gasteiger partial charge in [-0.05, 0) is 30.7 Å². The second-order valence-corrected chi connectivity index (χ2v) is 6.10. The number of carbonyl (C=O) groups is 1. The van der Waals surface area contributed by atoms with E-state index in [1.54, 1.807) is 25.1 Å². The molecular weight excluding hydrogens is 330 g/mol. The van der Waals surface area contributed by atoms with Crippen molar-refractivity contribution in [3.05, 3.63) is 82.3 Å². The minimum atomic E-state index is -0.334. The molecule has 7 nitrogen and oxygen atoms in total. The minimum Gasteiger partial charge on any atom is -0.399 e. The Morgan fingerprint density at radius 2 is 1.96 bits per heavy atom. The fourth-order valence-corrected chi connectivity index (χ4v) is 3.08. The van der Waals surface area contributed by atoms with Crippen LogP contribution >= 0.6 is 0 Å². The van der Waals surface area contributed by atoms with Crippen molar-refractivity contribution in [1.29, 1.82) is 0 Å². The van der Waals surface area contributed by atoms with Gasteiger partial charge in [-0.2, -0.15) is 0 Å². The SMILES string of the molecule is Cc1nc2ccc(N)cc2n1C(=O)c1c[nH]c(=O)n1Cc1ccccc1. The summed E-state index contributed by atoms with van der Waals surface area (Å²) in [4.78, 5) is 32.4. The van der Waals surface area contributed by atoms with E-state index < -0.39 is 0 Å². The molecule has 0 saturated carbocycles. The Kier molecular flexibility index (Phi) is 3.69. The van der Waals surface area contributed by atoms with Crippen LogP contribution in [0.15, 0.2) is 59.5 Å². The topological polar surface area (TPSA) is 98.7 Å². The van der Waals surface area contributed by atoms with Crippen LogP contribution in [0.3, 0.4) is 0 Å². The van der Waals surface area contributed by atoms with Gasteiger partial charge in [-0.25, -0.2) is 9.78 Å². The van der Waals surface area contributed by atoms with Crippen molar-refractivity contribution in [2.45, 2.75) is 13.5 Å². The smallest absolute Gasteiger partial charge is 0.326 e. The lowest BCUT2D eigenvalue weighted by Crippen LogP contribution is -2.25. The number of anilines is 1. The van der Waals surface area contributed by atoms with Gasteiger partial charge < -0.3 is 10.7 Å². The zero-order valence-electron chi connectivity index (χ0n) is 14.1. The molecule has 0 aliphatic rings. The third kappa shape index (κ3) is 2.59. The lowest BCUT2D eigenvalue weighted by Gasteiger charge is -2.09. The first-order chi connectivity index (χ1) is 12.5. The lowest BCUT2D eigenvalue weighted by molar-refractivity contribution is 0.0953. The highest BCUT2D eigenvalue weighted by atomic mass is 16.2. The average Bonchev–Trinajstić information content (AvgIpc) is 3.15. The summed E-state index contributed by atoms with van der Waals surface area (Å²) in [6, 6.07) is 14.7. The molecule has 2 heterocycles. The third-order valence-electron chi connectivity index (χ3n) is 4.32. The molecule has 2 aromatic heterocycles. The predicted molar refractivity (Wildman–Crippen MR) is 99.2 cm³/mol. The molecule has 0 aliphatic heterocycles. The minimum absolute atomic E-state index is 0.267. The number of nitrogens with two attached hydrogens (primary N) is 1. The number of nitrogens with one attached hydrogen (secondary N) is 1. The van der Waals surface area contributed by atoms with E-state index in [2.05, 4.69) is 9.97 Å². The van der Waals surface area contributed by atoms with Crippen molar-refractivity contribution in [2.24, 2.45) is 0 Å². The van der Waals surface area contributed by atoms with Gasteiger partial charge in [0.2, 0.25) is 0 Å². The predicted octanol–water partition coefficient (Wildman–Crippen LogP) is 2.15. The summed E-state index contributed by atoms with van der Waals surface area (Å²) in [6.45, 7) is 2.05. The summed E-state index contributed by atoms with van der Waals surface area (Å²) in [5.41, 5.74) is 8.57. The fourth-order valence-electron chi connectivity index (χ4n) is 3.08. The first-order valence-electron chi connectivity index (χ1n) is 8.16. The summed E-state index contributed by atoms with van der Waals surface area (Å²) in [7, 11) is 0. The molecule has 130 valence electrons. The van der Waals surface area contributed by atoms with E-state index in [0.29, 0.717) is 29.1 Å². The summed E-state index contributed by atoms with van der Waals surface area (Å²) in [6.07, 6.45) is 1.44. The number of benzene rings is 2. The van der Waals surface area contributed by atoms with Gasteiger partial charge in [0, 0.05) is 11.9 Å². The highest BCUT2D eigenvalue weighted by Gasteiger charge is 2.21. The van der Waals surface area contributed by atoms with E-state index in [9.17, 15) is 9.59 Å². The molecule has 0 unspecified atom stereocenters. The Bertz CT molecular complexity index is 1170. The molecule has 0 atom stereocenters. The Morgan fingerprint density at radius 1 is 1.19 bits per heavy atom. The maximum atomic E-state index is 13.2. The van der Waals surface area contributed by atoms with Crippen molar-refractivity contribution in [3.8, 4) is 0 Å². The Hall–Kier alpha value is -3.61. The van der Waals surface area contributed by atoms with E-state index in [1.165, 1.54) is 15.3 Å². The van der Waals surface area contributed by atoms with Crippen LogP contribution in [0.5, 0.6) is 0 Å². The van der Waals surface area contributed by atoms with Gasteiger partial charge in [0.15, 0.2) is 0 Å². The zero-order chi connectivity index (χ0) is 18.3. The average molecular weight is 347 g/mol. The molecular formula is C19H17N5O2. The number of nitrogens with zero attached hydrogens (tertiary/aromatic N) is 3. The van der Waals surface area contributed by atoms with Gasteiger partial charge in [0.1, 0.15) is 11.5 Å². The van der Waals surface area contributed by atoms with E-state index in [-0.39, 0.29) is 17.3 Å².